The molecule has 0 aliphatic rings. The molecule has 18 heavy (non-hydrogen) atoms. The number of fused-ring (bicyclic) bond motifs is 3. The average Bonchev–Trinajstić information content (AvgIpc) is 2.73. The molecule has 2 aromatic carbocycles. The number of rotatable bonds is 2. The highest BCUT2D eigenvalue weighted by Crippen LogP contribution is 2.31. The summed E-state index contributed by atoms with van der Waals surface area (Å²) in [6.45, 7) is 6.18. The van der Waals surface area contributed by atoms with E-state index in [0.29, 0.717) is 0 Å². The predicted octanol–water partition coefficient (Wildman–Crippen LogP) is 4.84. The number of benzene rings is 2. The third-order valence-corrected chi connectivity index (χ3v) is 3.23. The molecule has 0 spiro atoms. The molecule has 0 unspecified atom stereocenters. The Morgan fingerprint density at radius 2 is 1.44 bits per heavy atom. The number of hydrogen-bond donors (Lipinski definition) is 0. The van der Waals surface area contributed by atoms with Crippen LogP contribution < -0.4 is 0 Å². The van der Waals surface area contributed by atoms with Gasteiger partial charge in [-0.25, -0.2) is 0 Å². The standard InChI is InChI=1S/C17H15N/c1-3-8-13(2)18-16-11-6-4-9-14(16)15-10-5-7-12-17(15)18/h3-12H,2H2,1H3/b8-3+. The smallest absolute Gasteiger partial charge is 0.0540 e. The summed E-state index contributed by atoms with van der Waals surface area (Å²) in [6.07, 6.45) is 4.06. The van der Waals surface area contributed by atoms with Gasteiger partial charge in [0.2, 0.25) is 0 Å². The second-order valence-corrected chi connectivity index (χ2v) is 4.36. The third-order valence-electron chi connectivity index (χ3n) is 3.23. The van der Waals surface area contributed by atoms with Gasteiger partial charge in [-0.15, -0.1) is 0 Å². The number of aromatic nitrogens is 1. The number of hydrogen-bond acceptors (Lipinski definition) is 0. The van der Waals surface area contributed by atoms with Crippen LogP contribution in [0.5, 0.6) is 0 Å². The highest BCUT2D eigenvalue weighted by Gasteiger charge is 2.09. The van der Waals surface area contributed by atoms with Crippen molar-refractivity contribution in [2.24, 2.45) is 0 Å². The van der Waals surface area contributed by atoms with Gasteiger partial charge in [0.25, 0.3) is 0 Å². The molecule has 0 aliphatic heterocycles. The highest BCUT2D eigenvalue weighted by molar-refractivity contribution is 6.10. The van der Waals surface area contributed by atoms with E-state index in [0.717, 1.165) is 5.70 Å². The minimum absolute atomic E-state index is 0.995. The maximum Gasteiger partial charge on any atom is 0.0540 e. The third kappa shape index (κ3) is 1.48. The SMILES string of the molecule is C=C(/C=C/C)n1c2ccccc2c2ccccc21. The molecule has 1 aromatic heterocycles. The largest absolute Gasteiger partial charge is 0.310 e. The van der Waals surface area contributed by atoms with Crippen molar-refractivity contribution < 1.29 is 0 Å². The molecular weight excluding hydrogens is 218 g/mol. The summed E-state index contributed by atoms with van der Waals surface area (Å²) in [5, 5.41) is 2.55. The van der Waals surface area contributed by atoms with Gasteiger partial charge in [0.15, 0.2) is 0 Å². The normalized spacial score (nSPS) is 11.6. The lowest BCUT2D eigenvalue weighted by Crippen LogP contribution is -1.92. The van der Waals surface area contributed by atoms with E-state index in [-0.39, 0.29) is 0 Å². The van der Waals surface area contributed by atoms with Gasteiger partial charge < -0.3 is 4.57 Å². The zero-order valence-electron chi connectivity index (χ0n) is 10.4. The molecule has 1 heteroatoms. The van der Waals surface area contributed by atoms with Crippen molar-refractivity contribution in [1.29, 1.82) is 0 Å². The molecule has 0 N–H and O–H groups in total. The summed E-state index contributed by atoms with van der Waals surface area (Å²) in [5.74, 6) is 0. The van der Waals surface area contributed by atoms with Gasteiger partial charge in [-0.1, -0.05) is 49.1 Å². The summed E-state index contributed by atoms with van der Waals surface area (Å²) in [6, 6.07) is 16.9. The number of nitrogens with zero attached hydrogens (tertiary/aromatic N) is 1. The monoisotopic (exact) mass is 233 g/mol. The van der Waals surface area contributed by atoms with Crippen LogP contribution in [0.3, 0.4) is 0 Å². The van der Waals surface area contributed by atoms with E-state index in [1.165, 1.54) is 21.8 Å². The van der Waals surface area contributed by atoms with Gasteiger partial charge in [-0.2, -0.15) is 0 Å². The van der Waals surface area contributed by atoms with E-state index in [1.54, 1.807) is 0 Å². The Kier molecular flexibility index (Phi) is 2.52. The Labute approximate surface area is 107 Å². The van der Waals surface area contributed by atoms with E-state index in [1.807, 2.05) is 19.1 Å². The first kappa shape index (κ1) is 10.8. The highest BCUT2D eigenvalue weighted by atomic mass is 15.0. The molecule has 0 amide bonds. The average molecular weight is 233 g/mol. The predicted molar refractivity (Wildman–Crippen MR) is 79.6 cm³/mol. The minimum Gasteiger partial charge on any atom is -0.310 e. The van der Waals surface area contributed by atoms with Crippen LogP contribution in [0.25, 0.3) is 27.5 Å². The summed E-state index contributed by atoms with van der Waals surface area (Å²) in [4.78, 5) is 0. The lowest BCUT2D eigenvalue weighted by Gasteiger charge is -2.06. The fourth-order valence-corrected chi connectivity index (χ4v) is 2.50. The zero-order valence-corrected chi connectivity index (χ0v) is 10.4. The van der Waals surface area contributed by atoms with Crippen molar-refractivity contribution >= 4 is 27.5 Å². The van der Waals surface area contributed by atoms with Crippen LogP contribution in [-0.4, -0.2) is 4.57 Å². The first-order chi connectivity index (χ1) is 8.83. The summed E-state index contributed by atoms with van der Waals surface area (Å²) in [5.41, 5.74) is 3.42. The van der Waals surface area contributed by atoms with Crippen LogP contribution in [0, 0.1) is 0 Å². The first-order valence-corrected chi connectivity index (χ1v) is 6.13. The van der Waals surface area contributed by atoms with Gasteiger partial charge in [-0.3, -0.25) is 0 Å². The van der Waals surface area contributed by atoms with E-state index in [9.17, 15) is 0 Å². The molecule has 3 aromatic rings. The van der Waals surface area contributed by atoms with Crippen LogP contribution in [-0.2, 0) is 0 Å². The molecule has 0 saturated carbocycles. The van der Waals surface area contributed by atoms with Crippen molar-refractivity contribution in [2.45, 2.75) is 6.92 Å². The second-order valence-electron chi connectivity index (χ2n) is 4.36. The van der Waals surface area contributed by atoms with Crippen LogP contribution in [0.1, 0.15) is 6.92 Å². The minimum atomic E-state index is 0.995. The van der Waals surface area contributed by atoms with Crippen molar-refractivity contribution in [3.8, 4) is 0 Å². The fraction of sp³-hybridized carbons (Fsp3) is 0.0588. The van der Waals surface area contributed by atoms with E-state index < -0.39 is 0 Å². The molecule has 88 valence electrons. The summed E-state index contributed by atoms with van der Waals surface area (Å²) in [7, 11) is 0. The van der Waals surface area contributed by atoms with Gasteiger partial charge in [-0.05, 0) is 25.1 Å². The summed E-state index contributed by atoms with van der Waals surface area (Å²) < 4.78 is 2.21. The van der Waals surface area contributed by atoms with Crippen molar-refractivity contribution in [1.82, 2.24) is 4.57 Å². The Morgan fingerprint density at radius 1 is 0.944 bits per heavy atom. The quantitative estimate of drug-likeness (QED) is 0.558. The van der Waals surface area contributed by atoms with Crippen LogP contribution >= 0.6 is 0 Å². The van der Waals surface area contributed by atoms with E-state index >= 15 is 0 Å². The topological polar surface area (TPSA) is 4.93 Å². The Bertz CT molecular complexity index is 706. The van der Waals surface area contributed by atoms with Crippen LogP contribution in [0.15, 0.2) is 67.3 Å². The Hall–Kier alpha value is -2.28. The molecule has 1 nitrogen and oxygen atoms in total. The Morgan fingerprint density at radius 3 is 1.94 bits per heavy atom. The second kappa shape index (κ2) is 4.19. The molecule has 1 heterocycles. The molecule has 0 saturated heterocycles. The lowest BCUT2D eigenvalue weighted by atomic mass is 10.2. The van der Waals surface area contributed by atoms with Gasteiger partial charge >= 0.3 is 0 Å². The number of allylic oxidation sites excluding steroid dienone is 3. The summed E-state index contributed by atoms with van der Waals surface area (Å²) >= 11 is 0. The molecule has 3 rings (SSSR count). The van der Waals surface area contributed by atoms with Gasteiger partial charge in [0.1, 0.15) is 0 Å². The zero-order chi connectivity index (χ0) is 12.5. The van der Waals surface area contributed by atoms with Crippen molar-refractivity contribution in [2.75, 3.05) is 0 Å². The lowest BCUT2D eigenvalue weighted by molar-refractivity contribution is 1.24. The van der Waals surface area contributed by atoms with Gasteiger partial charge in [0, 0.05) is 16.5 Å². The van der Waals surface area contributed by atoms with Crippen molar-refractivity contribution in [3.05, 3.63) is 67.3 Å². The molecule has 0 aliphatic carbocycles. The molecular formula is C17H15N. The van der Waals surface area contributed by atoms with Crippen LogP contribution in [0.2, 0.25) is 0 Å². The molecule has 0 fully saturated rings. The maximum absolute atomic E-state index is 4.16. The van der Waals surface area contributed by atoms with E-state index in [2.05, 4.69) is 59.7 Å². The Balaban J connectivity index is 2.49. The molecule has 0 radical (unpaired) electrons. The number of para-hydroxylation sites is 2. The van der Waals surface area contributed by atoms with Gasteiger partial charge in [0.05, 0.1) is 11.0 Å². The van der Waals surface area contributed by atoms with Crippen LogP contribution in [0.4, 0.5) is 0 Å². The van der Waals surface area contributed by atoms with E-state index in [4.69, 9.17) is 0 Å². The maximum atomic E-state index is 4.16. The molecule has 0 atom stereocenters. The first-order valence-electron chi connectivity index (χ1n) is 6.13. The molecule has 0 bridgehead atoms. The fourth-order valence-electron chi connectivity index (χ4n) is 2.50. The van der Waals surface area contributed by atoms with Crippen molar-refractivity contribution in [3.63, 3.8) is 0 Å².